The van der Waals surface area contributed by atoms with Gasteiger partial charge in [0, 0.05) is 11.0 Å². The molecule has 0 radical (unpaired) electrons. The number of aromatic nitrogens is 2. The van der Waals surface area contributed by atoms with Crippen molar-refractivity contribution < 1.29 is 4.74 Å². The van der Waals surface area contributed by atoms with E-state index in [-0.39, 0.29) is 0 Å². The lowest BCUT2D eigenvalue weighted by Crippen LogP contribution is -1.98. The van der Waals surface area contributed by atoms with Gasteiger partial charge in [0.1, 0.15) is 5.75 Å². The molecule has 3 nitrogen and oxygen atoms in total. The molecule has 0 bridgehead atoms. The number of rotatable bonds is 3. The predicted molar refractivity (Wildman–Crippen MR) is 67.5 cm³/mol. The molecule has 2 aromatic rings. The van der Waals surface area contributed by atoms with Crippen LogP contribution in [-0.4, -0.2) is 16.9 Å². The van der Waals surface area contributed by atoms with Gasteiger partial charge in [0.05, 0.1) is 18.5 Å². The van der Waals surface area contributed by atoms with Crippen molar-refractivity contribution in [1.29, 1.82) is 0 Å². The second kappa shape index (κ2) is 4.70. The Kier molecular flexibility index (Phi) is 3.29. The maximum atomic E-state index is 5.12. The van der Waals surface area contributed by atoms with Gasteiger partial charge in [-0.05, 0) is 37.3 Å². The van der Waals surface area contributed by atoms with Crippen LogP contribution < -0.4 is 4.74 Å². The number of benzene rings is 1. The summed E-state index contributed by atoms with van der Waals surface area (Å²) in [6.45, 7) is 2.05. The molecule has 0 amide bonds. The SMILES string of the molecule is COc1ccc(-n2nc(CBr)cc2C)cc1. The van der Waals surface area contributed by atoms with Gasteiger partial charge in [0.25, 0.3) is 0 Å². The monoisotopic (exact) mass is 280 g/mol. The molecule has 0 aliphatic rings. The summed E-state index contributed by atoms with van der Waals surface area (Å²) in [5, 5.41) is 5.26. The molecule has 1 aromatic carbocycles. The second-order valence-corrected chi connectivity index (χ2v) is 4.08. The summed E-state index contributed by atoms with van der Waals surface area (Å²) in [6.07, 6.45) is 0. The van der Waals surface area contributed by atoms with Gasteiger partial charge >= 0.3 is 0 Å². The number of methoxy groups -OCH3 is 1. The molecule has 0 aliphatic carbocycles. The van der Waals surface area contributed by atoms with Crippen LogP contribution in [0, 0.1) is 6.92 Å². The van der Waals surface area contributed by atoms with Crippen molar-refractivity contribution in [1.82, 2.24) is 9.78 Å². The Balaban J connectivity index is 2.38. The molecule has 1 heterocycles. The highest BCUT2D eigenvalue weighted by Crippen LogP contribution is 2.17. The van der Waals surface area contributed by atoms with E-state index in [2.05, 4.69) is 27.1 Å². The molecule has 0 unspecified atom stereocenters. The minimum atomic E-state index is 0.775. The maximum Gasteiger partial charge on any atom is 0.119 e. The third kappa shape index (κ3) is 2.11. The number of hydrogen-bond acceptors (Lipinski definition) is 2. The zero-order valence-electron chi connectivity index (χ0n) is 9.27. The molecule has 84 valence electrons. The molecule has 0 saturated carbocycles. The number of aryl methyl sites for hydroxylation is 1. The van der Waals surface area contributed by atoms with Gasteiger partial charge in [-0.2, -0.15) is 5.10 Å². The van der Waals surface area contributed by atoms with Crippen LogP contribution >= 0.6 is 15.9 Å². The van der Waals surface area contributed by atoms with Gasteiger partial charge in [0.15, 0.2) is 0 Å². The summed E-state index contributed by atoms with van der Waals surface area (Å²) in [5.41, 5.74) is 3.21. The van der Waals surface area contributed by atoms with Crippen LogP contribution in [0.1, 0.15) is 11.4 Å². The lowest BCUT2D eigenvalue weighted by Gasteiger charge is -2.05. The first-order valence-corrected chi connectivity index (χ1v) is 6.12. The van der Waals surface area contributed by atoms with Crippen LogP contribution in [0.4, 0.5) is 0 Å². The molecule has 0 spiro atoms. The lowest BCUT2D eigenvalue weighted by atomic mass is 10.3. The number of nitrogens with zero attached hydrogens (tertiary/aromatic N) is 2. The van der Waals surface area contributed by atoms with E-state index in [1.165, 1.54) is 0 Å². The molecule has 0 saturated heterocycles. The second-order valence-electron chi connectivity index (χ2n) is 3.52. The number of alkyl halides is 1. The van der Waals surface area contributed by atoms with Crippen molar-refractivity contribution in [2.24, 2.45) is 0 Å². The van der Waals surface area contributed by atoms with Gasteiger partial charge in [0.2, 0.25) is 0 Å². The van der Waals surface area contributed by atoms with E-state index in [0.717, 1.165) is 28.2 Å². The van der Waals surface area contributed by atoms with Crippen LogP contribution in [0.2, 0.25) is 0 Å². The molecule has 4 heteroatoms. The van der Waals surface area contributed by atoms with Gasteiger partial charge in [-0.15, -0.1) is 0 Å². The molecule has 16 heavy (non-hydrogen) atoms. The number of hydrogen-bond donors (Lipinski definition) is 0. The zero-order chi connectivity index (χ0) is 11.5. The summed E-state index contributed by atoms with van der Waals surface area (Å²) in [6, 6.07) is 9.93. The molecule has 1 aromatic heterocycles. The maximum absolute atomic E-state index is 5.12. The Morgan fingerprint density at radius 1 is 1.31 bits per heavy atom. The standard InChI is InChI=1S/C12H13BrN2O/c1-9-7-10(8-13)14-15(9)11-3-5-12(16-2)6-4-11/h3-7H,8H2,1-2H3. The fraction of sp³-hybridized carbons (Fsp3) is 0.250. The van der Waals surface area contributed by atoms with Crippen molar-refractivity contribution in [3.63, 3.8) is 0 Å². The third-order valence-electron chi connectivity index (χ3n) is 2.39. The largest absolute Gasteiger partial charge is 0.497 e. The van der Waals surface area contributed by atoms with Crippen molar-refractivity contribution in [3.05, 3.63) is 41.7 Å². The van der Waals surface area contributed by atoms with Crippen molar-refractivity contribution in [2.45, 2.75) is 12.3 Å². The third-order valence-corrected chi connectivity index (χ3v) is 2.97. The normalized spacial score (nSPS) is 10.4. The van der Waals surface area contributed by atoms with E-state index in [9.17, 15) is 0 Å². The van der Waals surface area contributed by atoms with Crippen molar-refractivity contribution in [3.8, 4) is 11.4 Å². The molecular weight excluding hydrogens is 268 g/mol. The quantitative estimate of drug-likeness (QED) is 0.808. The summed E-state index contributed by atoms with van der Waals surface area (Å²) < 4.78 is 7.05. The first-order chi connectivity index (χ1) is 7.74. The Morgan fingerprint density at radius 3 is 2.50 bits per heavy atom. The minimum absolute atomic E-state index is 0.775. The van der Waals surface area contributed by atoms with Crippen LogP contribution in [0.3, 0.4) is 0 Å². The highest BCUT2D eigenvalue weighted by Gasteiger charge is 2.05. The van der Waals surface area contributed by atoms with Gasteiger partial charge in [-0.25, -0.2) is 4.68 Å². The van der Waals surface area contributed by atoms with E-state index in [0.29, 0.717) is 0 Å². The van der Waals surface area contributed by atoms with Crippen LogP contribution in [0.5, 0.6) is 5.75 Å². The molecule has 2 rings (SSSR count). The lowest BCUT2D eigenvalue weighted by molar-refractivity contribution is 0.414. The molecular formula is C12H13BrN2O. The van der Waals surface area contributed by atoms with E-state index >= 15 is 0 Å². The Bertz CT molecular complexity index is 476. The predicted octanol–water partition coefficient (Wildman–Crippen LogP) is 3.08. The summed E-state index contributed by atoms with van der Waals surface area (Å²) in [7, 11) is 1.66. The first kappa shape index (κ1) is 11.2. The van der Waals surface area contributed by atoms with Crippen LogP contribution in [-0.2, 0) is 5.33 Å². The van der Waals surface area contributed by atoms with Gasteiger partial charge in [-0.3, -0.25) is 0 Å². The van der Waals surface area contributed by atoms with E-state index in [4.69, 9.17) is 4.74 Å². The summed E-state index contributed by atoms with van der Waals surface area (Å²) in [5.74, 6) is 0.856. The van der Waals surface area contributed by atoms with Gasteiger partial charge < -0.3 is 4.74 Å². The zero-order valence-corrected chi connectivity index (χ0v) is 10.9. The van der Waals surface area contributed by atoms with Gasteiger partial charge in [-0.1, -0.05) is 15.9 Å². The Morgan fingerprint density at radius 2 is 2.00 bits per heavy atom. The van der Waals surface area contributed by atoms with E-state index in [1.54, 1.807) is 7.11 Å². The van der Waals surface area contributed by atoms with Crippen molar-refractivity contribution >= 4 is 15.9 Å². The number of halogens is 1. The minimum Gasteiger partial charge on any atom is -0.497 e. The average molecular weight is 281 g/mol. The Labute approximate surface area is 103 Å². The number of ether oxygens (including phenoxy) is 1. The Hall–Kier alpha value is -1.29. The summed E-state index contributed by atoms with van der Waals surface area (Å²) >= 11 is 3.40. The smallest absolute Gasteiger partial charge is 0.119 e. The fourth-order valence-electron chi connectivity index (χ4n) is 1.59. The summed E-state index contributed by atoms with van der Waals surface area (Å²) in [4.78, 5) is 0. The average Bonchev–Trinajstić information content (AvgIpc) is 2.71. The van der Waals surface area contributed by atoms with E-state index in [1.807, 2.05) is 35.9 Å². The molecule has 0 atom stereocenters. The van der Waals surface area contributed by atoms with Crippen LogP contribution in [0.25, 0.3) is 5.69 Å². The molecule has 0 aliphatic heterocycles. The van der Waals surface area contributed by atoms with E-state index < -0.39 is 0 Å². The fourth-order valence-corrected chi connectivity index (χ4v) is 1.86. The highest BCUT2D eigenvalue weighted by atomic mass is 79.9. The van der Waals surface area contributed by atoms with Crippen LogP contribution in [0.15, 0.2) is 30.3 Å². The first-order valence-electron chi connectivity index (χ1n) is 5.00. The highest BCUT2D eigenvalue weighted by molar-refractivity contribution is 9.08. The molecule has 0 fully saturated rings. The topological polar surface area (TPSA) is 27.1 Å². The van der Waals surface area contributed by atoms with Crippen molar-refractivity contribution in [2.75, 3.05) is 7.11 Å². The molecule has 0 N–H and O–H groups in total.